The first kappa shape index (κ1) is 12.8. The van der Waals surface area contributed by atoms with Gasteiger partial charge in [-0.1, -0.05) is 6.07 Å². The van der Waals surface area contributed by atoms with Crippen molar-refractivity contribution in [3.63, 3.8) is 0 Å². The van der Waals surface area contributed by atoms with Crippen molar-refractivity contribution < 1.29 is 4.79 Å². The van der Waals surface area contributed by atoms with Crippen LogP contribution in [0.5, 0.6) is 0 Å². The van der Waals surface area contributed by atoms with Crippen LogP contribution in [-0.2, 0) is 4.79 Å². The van der Waals surface area contributed by atoms with Gasteiger partial charge in [0.1, 0.15) is 5.82 Å². The molecule has 5 heteroatoms. The molecule has 0 aliphatic carbocycles. The predicted octanol–water partition coefficient (Wildman–Crippen LogP) is 0.752. The van der Waals surface area contributed by atoms with Crippen molar-refractivity contribution in [1.29, 1.82) is 0 Å². The molecule has 18 heavy (non-hydrogen) atoms. The molecule has 2 rings (SSSR count). The molecule has 0 bridgehead atoms. The van der Waals surface area contributed by atoms with Crippen molar-refractivity contribution in [2.45, 2.75) is 25.8 Å². The number of carbonyl (C=O) groups excluding carboxylic acids is 1. The summed E-state index contributed by atoms with van der Waals surface area (Å²) in [4.78, 5) is 17.3. The molecule has 1 aromatic rings. The first-order valence-corrected chi connectivity index (χ1v) is 6.33. The number of rotatable bonds is 4. The van der Waals surface area contributed by atoms with Gasteiger partial charge >= 0.3 is 0 Å². The maximum atomic E-state index is 10.8. The van der Waals surface area contributed by atoms with Gasteiger partial charge in [-0.25, -0.2) is 4.98 Å². The number of anilines is 1. The Hall–Kier alpha value is -1.62. The van der Waals surface area contributed by atoms with Crippen LogP contribution in [0.3, 0.4) is 0 Å². The van der Waals surface area contributed by atoms with E-state index in [1.165, 1.54) is 0 Å². The molecule has 0 aromatic carbocycles. The Morgan fingerprint density at radius 1 is 1.50 bits per heavy atom. The fourth-order valence-corrected chi connectivity index (χ4v) is 2.22. The van der Waals surface area contributed by atoms with Crippen LogP contribution < -0.4 is 11.1 Å². The monoisotopic (exact) mass is 248 g/mol. The molecule has 0 spiro atoms. The Kier molecular flexibility index (Phi) is 4.15. The average molecular weight is 248 g/mol. The second kappa shape index (κ2) is 5.82. The van der Waals surface area contributed by atoms with E-state index < -0.39 is 0 Å². The maximum absolute atomic E-state index is 10.8. The zero-order valence-corrected chi connectivity index (χ0v) is 10.7. The first-order valence-electron chi connectivity index (χ1n) is 6.33. The number of carbonyl (C=O) groups is 1. The third-order valence-corrected chi connectivity index (χ3v) is 3.23. The van der Waals surface area contributed by atoms with E-state index in [0.717, 1.165) is 37.3 Å². The lowest BCUT2D eigenvalue weighted by molar-refractivity contribution is -0.119. The number of aryl methyl sites for hydroxylation is 1. The number of nitrogens with one attached hydrogen (secondary N) is 1. The van der Waals surface area contributed by atoms with E-state index in [1.54, 1.807) is 0 Å². The number of piperidine rings is 1. The van der Waals surface area contributed by atoms with Gasteiger partial charge in [-0.2, -0.15) is 0 Å². The van der Waals surface area contributed by atoms with Gasteiger partial charge in [-0.05, 0) is 31.4 Å². The van der Waals surface area contributed by atoms with Crippen molar-refractivity contribution in [3.8, 4) is 0 Å². The Balaban J connectivity index is 1.79. The van der Waals surface area contributed by atoms with Crippen LogP contribution in [0.4, 0.5) is 5.82 Å². The van der Waals surface area contributed by atoms with Gasteiger partial charge in [0.2, 0.25) is 5.91 Å². The molecular formula is C13H20N4O. The molecule has 1 saturated heterocycles. The Morgan fingerprint density at radius 3 is 2.78 bits per heavy atom. The summed E-state index contributed by atoms with van der Waals surface area (Å²) in [5.74, 6) is 0.676. The molecule has 0 saturated carbocycles. The second-order valence-corrected chi connectivity index (χ2v) is 4.88. The van der Waals surface area contributed by atoms with Crippen molar-refractivity contribution in [2.24, 2.45) is 5.73 Å². The van der Waals surface area contributed by atoms with Crippen LogP contribution >= 0.6 is 0 Å². The SMILES string of the molecule is Cc1ccc(NC2CCN(CC(N)=O)CC2)nc1. The summed E-state index contributed by atoms with van der Waals surface area (Å²) in [5, 5.41) is 3.43. The van der Waals surface area contributed by atoms with Crippen LogP contribution in [0, 0.1) is 6.92 Å². The summed E-state index contributed by atoms with van der Waals surface area (Å²) in [6.45, 7) is 4.22. The molecule has 1 aliphatic heterocycles. The third kappa shape index (κ3) is 3.70. The van der Waals surface area contributed by atoms with Gasteiger partial charge in [0, 0.05) is 25.3 Å². The lowest BCUT2D eigenvalue weighted by atomic mass is 10.1. The highest BCUT2D eigenvalue weighted by Crippen LogP contribution is 2.15. The van der Waals surface area contributed by atoms with Gasteiger partial charge in [-0.15, -0.1) is 0 Å². The standard InChI is InChI=1S/C13H20N4O/c1-10-2-3-13(15-8-10)16-11-4-6-17(7-5-11)9-12(14)18/h2-3,8,11H,4-7,9H2,1H3,(H2,14,18)(H,15,16). The van der Waals surface area contributed by atoms with Crippen molar-refractivity contribution in [1.82, 2.24) is 9.88 Å². The van der Waals surface area contributed by atoms with Crippen LogP contribution in [0.25, 0.3) is 0 Å². The van der Waals surface area contributed by atoms with E-state index >= 15 is 0 Å². The van der Waals surface area contributed by atoms with Gasteiger partial charge in [-0.3, -0.25) is 9.69 Å². The summed E-state index contributed by atoms with van der Waals surface area (Å²) < 4.78 is 0. The molecule has 1 amide bonds. The lowest BCUT2D eigenvalue weighted by Gasteiger charge is -2.31. The van der Waals surface area contributed by atoms with Gasteiger partial charge in [0.15, 0.2) is 0 Å². The number of amides is 1. The maximum Gasteiger partial charge on any atom is 0.231 e. The minimum Gasteiger partial charge on any atom is -0.369 e. The fraction of sp³-hybridized carbons (Fsp3) is 0.538. The highest BCUT2D eigenvalue weighted by atomic mass is 16.1. The van der Waals surface area contributed by atoms with E-state index in [2.05, 4.69) is 21.3 Å². The summed E-state index contributed by atoms with van der Waals surface area (Å²) in [6, 6.07) is 4.49. The molecule has 5 nitrogen and oxygen atoms in total. The van der Waals surface area contributed by atoms with Gasteiger partial charge in [0.25, 0.3) is 0 Å². The zero-order chi connectivity index (χ0) is 13.0. The summed E-state index contributed by atoms with van der Waals surface area (Å²) >= 11 is 0. The number of primary amides is 1. The van der Waals surface area contributed by atoms with Gasteiger partial charge in [0.05, 0.1) is 6.54 Å². The Labute approximate surface area is 107 Å². The van der Waals surface area contributed by atoms with Gasteiger partial charge < -0.3 is 11.1 Å². The lowest BCUT2D eigenvalue weighted by Crippen LogP contribution is -2.43. The number of hydrogen-bond donors (Lipinski definition) is 2. The molecule has 98 valence electrons. The molecule has 1 fully saturated rings. The predicted molar refractivity (Wildman–Crippen MR) is 71.3 cm³/mol. The summed E-state index contributed by atoms with van der Waals surface area (Å²) in [6.07, 6.45) is 3.90. The van der Waals surface area contributed by atoms with Crippen LogP contribution in [0.1, 0.15) is 18.4 Å². The molecular weight excluding hydrogens is 228 g/mol. The summed E-state index contributed by atoms with van der Waals surface area (Å²) in [5.41, 5.74) is 6.35. The van der Waals surface area contributed by atoms with E-state index in [-0.39, 0.29) is 5.91 Å². The number of nitrogens with zero attached hydrogens (tertiary/aromatic N) is 2. The average Bonchev–Trinajstić information content (AvgIpc) is 2.34. The normalized spacial score (nSPS) is 17.6. The molecule has 1 aliphatic rings. The van der Waals surface area contributed by atoms with Crippen molar-refractivity contribution in [3.05, 3.63) is 23.9 Å². The number of nitrogens with two attached hydrogens (primary N) is 1. The quantitative estimate of drug-likeness (QED) is 0.825. The van der Waals surface area contributed by atoms with Crippen LogP contribution in [0.15, 0.2) is 18.3 Å². The number of aromatic nitrogens is 1. The van der Waals surface area contributed by atoms with Crippen molar-refractivity contribution >= 4 is 11.7 Å². The smallest absolute Gasteiger partial charge is 0.231 e. The van der Waals surface area contributed by atoms with Crippen LogP contribution in [0.2, 0.25) is 0 Å². The highest BCUT2D eigenvalue weighted by molar-refractivity contribution is 5.75. The van der Waals surface area contributed by atoms with E-state index in [4.69, 9.17) is 5.73 Å². The first-order chi connectivity index (χ1) is 8.63. The molecule has 0 unspecified atom stereocenters. The zero-order valence-electron chi connectivity index (χ0n) is 10.7. The number of hydrogen-bond acceptors (Lipinski definition) is 4. The highest BCUT2D eigenvalue weighted by Gasteiger charge is 2.19. The van der Waals surface area contributed by atoms with E-state index in [0.29, 0.717) is 12.6 Å². The van der Waals surface area contributed by atoms with E-state index in [1.807, 2.05) is 19.2 Å². The van der Waals surface area contributed by atoms with Crippen LogP contribution in [-0.4, -0.2) is 41.5 Å². The molecule has 1 aromatic heterocycles. The minimum absolute atomic E-state index is 0.249. The second-order valence-electron chi connectivity index (χ2n) is 4.88. The third-order valence-electron chi connectivity index (χ3n) is 3.23. The Morgan fingerprint density at radius 2 is 2.22 bits per heavy atom. The molecule has 2 heterocycles. The minimum atomic E-state index is -0.249. The summed E-state index contributed by atoms with van der Waals surface area (Å²) in [7, 11) is 0. The number of likely N-dealkylation sites (tertiary alicyclic amines) is 1. The molecule has 0 atom stereocenters. The molecule has 3 N–H and O–H groups in total. The number of pyridine rings is 1. The molecule has 0 radical (unpaired) electrons. The largest absolute Gasteiger partial charge is 0.369 e. The fourth-order valence-electron chi connectivity index (χ4n) is 2.22. The van der Waals surface area contributed by atoms with E-state index in [9.17, 15) is 4.79 Å². The van der Waals surface area contributed by atoms with Crippen molar-refractivity contribution in [2.75, 3.05) is 25.0 Å². The Bertz CT molecular complexity index is 396. The topological polar surface area (TPSA) is 71.2 Å².